The number of para-hydroxylation sites is 1. The first kappa shape index (κ1) is 22.1. The molecule has 1 aromatic rings. The first-order chi connectivity index (χ1) is 13.5. The van der Waals surface area contributed by atoms with E-state index in [2.05, 4.69) is 0 Å². The molecule has 1 saturated carbocycles. The Kier molecular flexibility index (Phi) is 9.20. The lowest BCUT2D eigenvalue weighted by Gasteiger charge is -2.19. The molecule has 1 aliphatic carbocycles. The number of hydrogen-bond acceptors (Lipinski definition) is 5. The van der Waals surface area contributed by atoms with Crippen molar-refractivity contribution >= 4 is 5.97 Å². The second-order valence-corrected chi connectivity index (χ2v) is 7.18. The van der Waals surface area contributed by atoms with E-state index in [9.17, 15) is 20.1 Å². The number of carboxylic acids is 1. The summed E-state index contributed by atoms with van der Waals surface area (Å²) in [5, 5.41) is 39.2. The highest BCUT2D eigenvalue weighted by molar-refractivity contribution is 5.66. The van der Waals surface area contributed by atoms with E-state index in [0.717, 1.165) is 0 Å². The van der Waals surface area contributed by atoms with Crippen LogP contribution in [0.4, 0.5) is 0 Å². The SMILES string of the molecule is O=C(O)CCC/C=C/C[C@@H]1[C@@H](/C=C\[C@@H](O)COc2ccccc2)[C@H](O)C[C@@H]1O. The summed E-state index contributed by atoms with van der Waals surface area (Å²) in [7, 11) is 0. The number of carbonyl (C=O) groups is 1. The fourth-order valence-electron chi connectivity index (χ4n) is 3.46. The smallest absolute Gasteiger partial charge is 0.303 e. The molecule has 0 saturated heterocycles. The quantitative estimate of drug-likeness (QED) is 0.342. The highest BCUT2D eigenvalue weighted by Gasteiger charge is 2.39. The molecule has 1 aliphatic rings. The molecule has 2 rings (SSSR count). The van der Waals surface area contributed by atoms with Gasteiger partial charge in [-0.15, -0.1) is 0 Å². The van der Waals surface area contributed by atoms with Gasteiger partial charge in [-0.2, -0.15) is 0 Å². The molecule has 0 bridgehead atoms. The monoisotopic (exact) mass is 390 g/mol. The summed E-state index contributed by atoms with van der Waals surface area (Å²) in [5.74, 6) is -0.505. The van der Waals surface area contributed by atoms with Crippen LogP contribution in [0.15, 0.2) is 54.6 Å². The average Bonchev–Trinajstić information content (AvgIpc) is 2.94. The maximum absolute atomic E-state index is 10.5. The molecule has 0 aromatic heterocycles. The lowest BCUT2D eigenvalue weighted by molar-refractivity contribution is -0.137. The van der Waals surface area contributed by atoms with E-state index >= 15 is 0 Å². The number of rotatable bonds is 11. The van der Waals surface area contributed by atoms with Gasteiger partial charge >= 0.3 is 5.97 Å². The number of aliphatic hydroxyl groups is 3. The van der Waals surface area contributed by atoms with Gasteiger partial charge in [-0.05, 0) is 37.3 Å². The predicted octanol–water partition coefficient (Wildman–Crippen LogP) is 2.54. The molecule has 6 heteroatoms. The Morgan fingerprint density at radius 2 is 1.93 bits per heavy atom. The van der Waals surface area contributed by atoms with Crippen LogP contribution in [0.25, 0.3) is 0 Å². The van der Waals surface area contributed by atoms with E-state index in [4.69, 9.17) is 9.84 Å². The van der Waals surface area contributed by atoms with Gasteiger partial charge in [0.05, 0.1) is 12.2 Å². The molecule has 0 radical (unpaired) electrons. The molecule has 6 nitrogen and oxygen atoms in total. The van der Waals surface area contributed by atoms with Crippen molar-refractivity contribution in [1.29, 1.82) is 0 Å². The molecule has 154 valence electrons. The van der Waals surface area contributed by atoms with Crippen LogP contribution in [0, 0.1) is 11.8 Å². The number of aliphatic carboxylic acids is 1. The average molecular weight is 390 g/mol. The van der Waals surface area contributed by atoms with Crippen molar-refractivity contribution in [3.05, 3.63) is 54.6 Å². The lowest BCUT2D eigenvalue weighted by atomic mass is 9.89. The molecule has 28 heavy (non-hydrogen) atoms. The maximum atomic E-state index is 10.5. The van der Waals surface area contributed by atoms with Gasteiger partial charge in [-0.1, -0.05) is 42.5 Å². The Morgan fingerprint density at radius 1 is 1.18 bits per heavy atom. The van der Waals surface area contributed by atoms with Gasteiger partial charge in [0.2, 0.25) is 0 Å². The van der Waals surface area contributed by atoms with Crippen LogP contribution in [0.3, 0.4) is 0 Å². The largest absolute Gasteiger partial charge is 0.491 e. The fraction of sp³-hybridized carbons (Fsp3) is 0.500. The summed E-state index contributed by atoms with van der Waals surface area (Å²) in [6, 6.07) is 9.22. The maximum Gasteiger partial charge on any atom is 0.303 e. The Labute approximate surface area is 165 Å². The van der Waals surface area contributed by atoms with Gasteiger partial charge in [-0.25, -0.2) is 0 Å². The van der Waals surface area contributed by atoms with Gasteiger partial charge in [-0.3, -0.25) is 4.79 Å². The third-order valence-electron chi connectivity index (χ3n) is 4.97. The van der Waals surface area contributed by atoms with Crippen molar-refractivity contribution in [2.75, 3.05) is 6.61 Å². The summed E-state index contributed by atoms with van der Waals surface area (Å²) in [6.07, 6.45) is 7.46. The van der Waals surface area contributed by atoms with Gasteiger partial charge in [0.25, 0.3) is 0 Å². The zero-order valence-corrected chi connectivity index (χ0v) is 15.9. The zero-order valence-electron chi connectivity index (χ0n) is 15.9. The normalized spacial score (nSPS) is 26.1. The third-order valence-corrected chi connectivity index (χ3v) is 4.97. The van der Waals surface area contributed by atoms with Gasteiger partial charge in [0.15, 0.2) is 0 Å². The second-order valence-electron chi connectivity index (χ2n) is 7.18. The molecule has 1 fully saturated rings. The van der Waals surface area contributed by atoms with E-state index in [0.29, 0.717) is 31.4 Å². The third kappa shape index (κ3) is 7.46. The minimum Gasteiger partial charge on any atom is -0.491 e. The molecule has 0 unspecified atom stereocenters. The van der Waals surface area contributed by atoms with E-state index in [1.807, 2.05) is 42.5 Å². The van der Waals surface area contributed by atoms with Crippen LogP contribution in [0.2, 0.25) is 0 Å². The van der Waals surface area contributed by atoms with Crippen LogP contribution in [-0.2, 0) is 4.79 Å². The van der Waals surface area contributed by atoms with Crippen LogP contribution in [0.1, 0.15) is 32.1 Å². The van der Waals surface area contributed by atoms with E-state index in [1.165, 1.54) is 0 Å². The van der Waals surface area contributed by atoms with Crippen molar-refractivity contribution in [2.24, 2.45) is 11.8 Å². The number of ether oxygens (including phenoxy) is 1. The summed E-state index contributed by atoms with van der Waals surface area (Å²) in [6.45, 7) is 0.111. The highest BCUT2D eigenvalue weighted by atomic mass is 16.5. The van der Waals surface area contributed by atoms with E-state index < -0.39 is 24.3 Å². The van der Waals surface area contributed by atoms with Crippen molar-refractivity contribution in [1.82, 2.24) is 0 Å². The zero-order chi connectivity index (χ0) is 20.4. The van der Waals surface area contributed by atoms with Crippen LogP contribution >= 0.6 is 0 Å². The molecular formula is C22H30O6. The molecule has 1 aromatic carbocycles. The highest BCUT2D eigenvalue weighted by Crippen LogP contribution is 2.36. The first-order valence-corrected chi connectivity index (χ1v) is 9.74. The standard InChI is InChI=1S/C22H30O6/c23-16(15-28-17-8-4-3-5-9-17)12-13-19-18(20(24)14-21(19)25)10-6-1-2-7-11-22(26)27/h1,3-6,8-9,12-13,16,18-21,23-25H,2,7,10-11,14-15H2,(H,26,27)/b6-1+,13-12-/t16-,18-,19-,20+,21-/m1/s1. The van der Waals surface area contributed by atoms with E-state index in [1.54, 1.807) is 12.2 Å². The molecule has 0 aliphatic heterocycles. The van der Waals surface area contributed by atoms with Gasteiger partial charge in [0.1, 0.15) is 18.5 Å². The van der Waals surface area contributed by atoms with Gasteiger partial charge in [0, 0.05) is 18.8 Å². The summed E-state index contributed by atoms with van der Waals surface area (Å²) in [5.41, 5.74) is 0. The van der Waals surface area contributed by atoms with Crippen LogP contribution < -0.4 is 4.74 Å². The van der Waals surface area contributed by atoms with Crippen molar-refractivity contribution in [3.63, 3.8) is 0 Å². The van der Waals surface area contributed by atoms with Crippen molar-refractivity contribution < 1.29 is 30.0 Å². The fourth-order valence-corrected chi connectivity index (χ4v) is 3.46. The predicted molar refractivity (Wildman–Crippen MR) is 106 cm³/mol. The number of benzene rings is 1. The van der Waals surface area contributed by atoms with Crippen LogP contribution in [0.5, 0.6) is 5.75 Å². The minimum absolute atomic E-state index is 0.111. The van der Waals surface area contributed by atoms with Crippen molar-refractivity contribution in [3.8, 4) is 5.75 Å². The molecule has 5 atom stereocenters. The Balaban J connectivity index is 1.82. The summed E-state index contributed by atoms with van der Waals surface area (Å²) >= 11 is 0. The topological polar surface area (TPSA) is 107 Å². The molecule has 4 N–H and O–H groups in total. The Morgan fingerprint density at radius 3 is 2.64 bits per heavy atom. The summed E-state index contributed by atoms with van der Waals surface area (Å²) in [4.78, 5) is 10.5. The molecule has 0 heterocycles. The van der Waals surface area contributed by atoms with Gasteiger partial charge < -0.3 is 25.2 Å². The Bertz CT molecular complexity index is 642. The number of aliphatic hydroxyl groups excluding tert-OH is 3. The minimum atomic E-state index is -0.808. The summed E-state index contributed by atoms with van der Waals surface area (Å²) < 4.78 is 5.51. The number of carboxylic acid groups (broad SMARTS) is 1. The van der Waals surface area contributed by atoms with Crippen molar-refractivity contribution in [2.45, 2.75) is 50.4 Å². The number of hydrogen-bond donors (Lipinski definition) is 4. The molecular weight excluding hydrogens is 360 g/mol. The van der Waals surface area contributed by atoms with E-state index in [-0.39, 0.29) is 24.9 Å². The number of allylic oxidation sites excluding steroid dienone is 2. The first-order valence-electron chi connectivity index (χ1n) is 9.74. The lowest BCUT2D eigenvalue weighted by Crippen LogP contribution is -2.21. The number of unbranched alkanes of at least 4 members (excludes halogenated alkanes) is 1. The van der Waals surface area contributed by atoms with Crippen LogP contribution in [-0.4, -0.2) is 51.3 Å². The molecule has 0 amide bonds. The second kappa shape index (κ2) is 11.6. The molecule has 0 spiro atoms. The Hall–Kier alpha value is -2.15.